The number of fused-ring (bicyclic) bond motifs is 1. The van der Waals surface area contributed by atoms with Crippen LogP contribution in [0.25, 0.3) is 0 Å². The number of rotatable bonds is 1. The monoisotopic (exact) mass is 222 g/mol. The summed E-state index contributed by atoms with van der Waals surface area (Å²) in [6.07, 6.45) is 3.88. The Bertz CT molecular complexity index is 394. The number of Topliss-reactive ketones (excluding diaryl/α,β-unsaturated/α-hetero) is 1. The number of carbonyl (C=O) groups excluding carboxylic acids is 2. The fourth-order valence-electron chi connectivity index (χ4n) is 3.21. The standard InChI is InChI=1S/C12H14O4/c1-6-7-3-4-8(9(6)11(14)15-2)12(5-16-12)10(7)13/h3-4,6-9H,5H2,1-2H3/t6-,7?,8?,9?,12?/m1/s1. The predicted molar refractivity (Wildman–Crippen MR) is 54.5 cm³/mol. The number of ether oxygens (including phenoxy) is 2. The molecular formula is C12H14O4. The number of esters is 1. The number of ketones is 1. The molecule has 4 heteroatoms. The van der Waals surface area contributed by atoms with Crippen molar-refractivity contribution in [2.75, 3.05) is 13.7 Å². The van der Waals surface area contributed by atoms with Gasteiger partial charge in [-0.3, -0.25) is 9.59 Å². The van der Waals surface area contributed by atoms with E-state index in [-0.39, 0.29) is 35.4 Å². The second-order valence-electron chi connectivity index (χ2n) is 4.89. The summed E-state index contributed by atoms with van der Waals surface area (Å²) in [6, 6.07) is 0. The zero-order valence-electron chi connectivity index (χ0n) is 9.30. The average Bonchev–Trinajstić information content (AvgIpc) is 3.06. The normalized spacial score (nSPS) is 48.5. The van der Waals surface area contributed by atoms with E-state index in [2.05, 4.69) is 0 Å². The first kappa shape index (κ1) is 10.0. The number of hydrogen-bond donors (Lipinski definition) is 0. The van der Waals surface area contributed by atoms with Crippen molar-refractivity contribution in [1.82, 2.24) is 0 Å². The Morgan fingerprint density at radius 2 is 2.25 bits per heavy atom. The number of carbonyl (C=O) groups is 2. The lowest BCUT2D eigenvalue weighted by atomic mass is 9.57. The topological polar surface area (TPSA) is 55.9 Å². The number of hydrogen-bond acceptors (Lipinski definition) is 4. The van der Waals surface area contributed by atoms with Gasteiger partial charge in [-0.1, -0.05) is 19.1 Å². The molecule has 4 unspecified atom stereocenters. The summed E-state index contributed by atoms with van der Waals surface area (Å²) in [7, 11) is 1.39. The Balaban J connectivity index is 2.02. The largest absolute Gasteiger partial charge is 0.469 e. The Kier molecular flexibility index (Phi) is 1.84. The highest BCUT2D eigenvalue weighted by Gasteiger charge is 2.68. The van der Waals surface area contributed by atoms with Crippen LogP contribution in [-0.2, 0) is 19.1 Å². The van der Waals surface area contributed by atoms with E-state index in [0.29, 0.717) is 6.61 Å². The fraction of sp³-hybridized carbons (Fsp3) is 0.667. The molecule has 0 aromatic heterocycles. The van der Waals surface area contributed by atoms with Gasteiger partial charge in [-0.05, 0) is 5.92 Å². The third-order valence-electron chi connectivity index (χ3n) is 4.23. The molecule has 1 aliphatic heterocycles. The van der Waals surface area contributed by atoms with Gasteiger partial charge in [0.1, 0.15) is 0 Å². The van der Waals surface area contributed by atoms with E-state index < -0.39 is 5.60 Å². The summed E-state index contributed by atoms with van der Waals surface area (Å²) in [5, 5.41) is 0. The lowest BCUT2D eigenvalue weighted by Crippen LogP contribution is -2.55. The molecule has 4 rings (SSSR count). The fourth-order valence-corrected chi connectivity index (χ4v) is 3.21. The van der Waals surface area contributed by atoms with Crippen LogP contribution in [0.1, 0.15) is 6.92 Å². The van der Waals surface area contributed by atoms with Crippen LogP contribution in [0, 0.1) is 23.7 Å². The lowest BCUT2D eigenvalue weighted by Gasteiger charge is -2.44. The van der Waals surface area contributed by atoms with Gasteiger partial charge in [-0.2, -0.15) is 0 Å². The molecule has 4 aliphatic rings. The highest BCUT2D eigenvalue weighted by atomic mass is 16.6. The van der Waals surface area contributed by atoms with Crippen LogP contribution >= 0.6 is 0 Å². The molecule has 0 amide bonds. The molecule has 86 valence electrons. The maximum atomic E-state index is 12.1. The van der Waals surface area contributed by atoms with Crippen LogP contribution in [0.5, 0.6) is 0 Å². The van der Waals surface area contributed by atoms with Crippen LogP contribution < -0.4 is 0 Å². The van der Waals surface area contributed by atoms with Crippen molar-refractivity contribution >= 4 is 11.8 Å². The third-order valence-corrected chi connectivity index (χ3v) is 4.23. The Morgan fingerprint density at radius 1 is 1.56 bits per heavy atom. The summed E-state index contributed by atoms with van der Waals surface area (Å²) in [4.78, 5) is 23.9. The van der Waals surface area contributed by atoms with Crippen molar-refractivity contribution in [1.29, 1.82) is 0 Å². The SMILES string of the molecule is COC(=O)C1C2C=CC(C(=O)C23CO3)[C@H]1C. The van der Waals surface area contributed by atoms with E-state index in [1.807, 2.05) is 19.1 Å². The van der Waals surface area contributed by atoms with Crippen LogP contribution in [0.3, 0.4) is 0 Å². The predicted octanol–water partition coefficient (Wildman–Crippen LogP) is 0.566. The van der Waals surface area contributed by atoms with Crippen LogP contribution in [-0.4, -0.2) is 31.1 Å². The van der Waals surface area contributed by atoms with Gasteiger partial charge in [0, 0.05) is 11.8 Å². The Morgan fingerprint density at radius 3 is 2.81 bits per heavy atom. The quantitative estimate of drug-likeness (QED) is 0.369. The molecule has 0 aromatic rings. The first-order valence-corrected chi connectivity index (χ1v) is 5.56. The highest BCUT2D eigenvalue weighted by Crippen LogP contribution is 2.55. The van der Waals surface area contributed by atoms with Gasteiger partial charge in [-0.25, -0.2) is 0 Å². The molecule has 1 saturated carbocycles. The van der Waals surface area contributed by atoms with E-state index in [9.17, 15) is 9.59 Å². The van der Waals surface area contributed by atoms with Gasteiger partial charge < -0.3 is 9.47 Å². The molecule has 1 heterocycles. The zero-order chi connectivity index (χ0) is 11.5. The molecule has 0 radical (unpaired) electrons. The summed E-state index contributed by atoms with van der Waals surface area (Å²) < 4.78 is 10.2. The number of methoxy groups -OCH3 is 1. The van der Waals surface area contributed by atoms with Crippen molar-refractivity contribution < 1.29 is 19.1 Å². The van der Waals surface area contributed by atoms with Crippen molar-refractivity contribution in [3.8, 4) is 0 Å². The maximum absolute atomic E-state index is 12.1. The first-order valence-electron chi connectivity index (χ1n) is 5.56. The van der Waals surface area contributed by atoms with Gasteiger partial charge in [0.05, 0.1) is 19.6 Å². The number of epoxide rings is 1. The zero-order valence-corrected chi connectivity index (χ0v) is 9.30. The molecule has 0 aromatic carbocycles. The van der Waals surface area contributed by atoms with Crippen LogP contribution in [0.2, 0.25) is 0 Å². The van der Waals surface area contributed by atoms with Gasteiger partial charge in [0.2, 0.25) is 0 Å². The van der Waals surface area contributed by atoms with Crippen LogP contribution in [0.15, 0.2) is 12.2 Å². The number of allylic oxidation sites excluding steroid dienone is 1. The molecule has 1 saturated heterocycles. The van der Waals surface area contributed by atoms with Crippen LogP contribution in [0.4, 0.5) is 0 Å². The van der Waals surface area contributed by atoms with Crippen molar-refractivity contribution in [3.63, 3.8) is 0 Å². The third kappa shape index (κ3) is 0.981. The molecule has 3 aliphatic carbocycles. The van der Waals surface area contributed by atoms with Gasteiger partial charge in [-0.15, -0.1) is 0 Å². The smallest absolute Gasteiger partial charge is 0.309 e. The van der Waals surface area contributed by atoms with Gasteiger partial charge in [0.15, 0.2) is 11.4 Å². The maximum Gasteiger partial charge on any atom is 0.309 e. The lowest BCUT2D eigenvalue weighted by molar-refractivity contribution is -0.157. The summed E-state index contributed by atoms with van der Waals surface area (Å²) in [5.41, 5.74) is -0.690. The van der Waals surface area contributed by atoms with E-state index >= 15 is 0 Å². The molecule has 5 atom stereocenters. The molecular weight excluding hydrogens is 208 g/mol. The molecule has 1 spiro atoms. The summed E-state index contributed by atoms with van der Waals surface area (Å²) in [6.45, 7) is 2.40. The van der Waals surface area contributed by atoms with E-state index in [1.165, 1.54) is 7.11 Å². The molecule has 16 heavy (non-hydrogen) atoms. The summed E-state index contributed by atoms with van der Waals surface area (Å²) >= 11 is 0. The van der Waals surface area contributed by atoms with Crippen molar-refractivity contribution in [3.05, 3.63) is 12.2 Å². The van der Waals surface area contributed by atoms with Crippen molar-refractivity contribution in [2.24, 2.45) is 23.7 Å². The van der Waals surface area contributed by atoms with Gasteiger partial charge in [0.25, 0.3) is 0 Å². The minimum absolute atomic E-state index is 0.0183. The Labute approximate surface area is 93.6 Å². The molecule has 0 N–H and O–H groups in total. The molecule has 4 nitrogen and oxygen atoms in total. The highest BCUT2D eigenvalue weighted by molar-refractivity contribution is 5.98. The molecule has 2 fully saturated rings. The second kappa shape index (κ2) is 2.94. The summed E-state index contributed by atoms with van der Waals surface area (Å²) in [5.74, 6) is -0.615. The van der Waals surface area contributed by atoms with Crippen molar-refractivity contribution in [2.45, 2.75) is 12.5 Å². The average molecular weight is 222 g/mol. The van der Waals surface area contributed by atoms with Gasteiger partial charge >= 0.3 is 5.97 Å². The Hall–Kier alpha value is -1.16. The molecule has 2 bridgehead atoms. The first-order chi connectivity index (χ1) is 7.62. The minimum atomic E-state index is -0.690. The van der Waals surface area contributed by atoms with E-state index in [1.54, 1.807) is 0 Å². The minimum Gasteiger partial charge on any atom is -0.469 e. The second-order valence-corrected chi connectivity index (χ2v) is 4.89. The van der Waals surface area contributed by atoms with E-state index in [0.717, 1.165) is 0 Å². The van der Waals surface area contributed by atoms with E-state index in [4.69, 9.17) is 9.47 Å².